The number of anilines is 1. The normalized spacial score (nSPS) is 10.1. The van der Waals surface area contributed by atoms with Crippen LogP contribution in [0.3, 0.4) is 0 Å². The Bertz CT molecular complexity index is 339. The lowest BCUT2D eigenvalue weighted by molar-refractivity contribution is -0.383. The average Bonchev–Trinajstić information content (AvgIpc) is 2.14. The summed E-state index contributed by atoms with van der Waals surface area (Å²) in [6, 6.07) is 4.60. The standard InChI is InChI=1S/C9H12N2O3/c1-2-14-6-7-3-4-9(11(12)13)8(10)5-7/h3-5H,2,6,10H2,1H3. The molecule has 14 heavy (non-hydrogen) atoms. The van der Waals surface area contributed by atoms with Crippen molar-refractivity contribution in [2.24, 2.45) is 0 Å². The highest BCUT2D eigenvalue weighted by atomic mass is 16.6. The topological polar surface area (TPSA) is 78.4 Å². The van der Waals surface area contributed by atoms with Crippen LogP contribution in [-0.2, 0) is 11.3 Å². The molecule has 0 amide bonds. The van der Waals surface area contributed by atoms with Crippen LogP contribution in [0.25, 0.3) is 0 Å². The second kappa shape index (κ2) is 4.57. The first-order chi connectivity index (χ1) is 6.65. The number of hydrogen-bond donors (Lipinski definition) is 1. The van der Waals surface area contributed by atoms with Crippen molar-refractivity contribution in [1.29, 1.82) is 0 Å². The van der Waals surface area contributed by atoms with Crippen LogP contribution in [0, 0.1) is 10.1 Å². The summed E-state index contributed by atoms with van der Waals surface area (Å²) < 4.78 is 5.15. The molecule has 0 aliphatic heterocycles. The van der Waals surface area contributed by atoms with Gasteiger partial charge in [0.15, 0.2) is 0 Å². The molecular weight excluding hydrogens is 184 g/mol. The molecule has 0 fully saturated rings. The SMILES string of the molecule is CCOCc1ccc([N+](=O)[O-])c(N)c1. The van der Waals surface area contributed by atoms with Crippen LogP contribution >= 0.6 is 0 Å². The molecule has 0 saturated carbocycles. The van der Waals surface area contributed by atoms with E-state index in [1.54, 1.807) is 12.1 Å². The minimum Gasteiger partial charge on any atom is -0.393 e. The highest BCUT2D eigenvalue weighted by Gasteiger charge is 2.10. The number of nitrogens with zero attached hydrogens (tertiary/aromatic N) is 1. The monoisotopic (exact) mass is 196 g/mol. The number of nitrogens with two attached hydrogens (primary N) is 1. The van der Waals surface area contributed by atoms with Crippen molar-refractivity contribution < 1.29 is 9.66 Å². The van der Waals surface area contributed by atoms with Crippen molar-refractivity contribution in [3.8, 4) is 0 Å². The molecule has 0 aliphatic carbocycles. The molecule has 0 spiro atoms. The fourth-order valence-corrected chi connectivity index (χ4v) is 1.08. The Morgan fingerprint density at radius 3 is 2.79 bits per heavy atom. The van der Waals surface area contributed by atoms with E-state index in [4.69, 9.17) is 10.5 Å². The van der Waals surface area contributed by atoms with Gasteiger partial charge in [-0.25, -0.2) is 0 Å². The van der Waals surface area contributed by atoms with Crippen molar-refractivity contribution in [2.75, 3.05) is 12.3 Å². The zero-order chi connectivity index (χ0) is 10.6. The summed E-state index contributed by atoms with van der Waals surface area (Å²) in [5, 5.41) is 10.4. The summed E-state index contributed by atoms with van der Waals surface area (Å²) in [6.07, 6.45) is 0. The van der Waals surface area contributed by atoms with E-state index >= 15 is 0 Å². The van der Waals surface area contributed by atoms with Crippen LogP contribution in [0.5, 0.6) is 0 Å². The van der Waals surface area contributed by atoms with Gasteiger partial charge in [-0.15, -0.1) is 0 Å². The summed E-state index contributed by atoms with van der Waals surface area (Å²) in [5.41, 5.74) is 6.45. The van der Waals surface area contributed by atoms with E-state index in [0.717, 1.165) is 5.56 Å². The zero-order valence-corrected chi connectivity index (χ0v) is 7.90. The van der Waals surface area contributed by atoms with Gasteiger partial charge in [-0.2, -0.15) is 0 Å². The summed E-state index contributed by atoms with van der Waals surface area (Å²) in [4.78, 5) is 9.94. The number of hydrogen-bond acceptors (Lipinski definition) is 4. The number of nitrogen functional groups attached to an aromatic ring is 1. The Hall–Kier alpha value is -1.62. The smallest absolute Gasteiger partial charge is 0.292 e. The Morgan fingerprint density at radius 1 is 1.57 bits per heavy atom. The molecule has 1 rings (SSSR count). The lowest BCUT2D eigenvalue weighted by Crippen LogP contribution is -1.98. The Labute approximate surface area is 81.6 Å². The molecule has 1 aromatic rings. The predicted molar refractivity (Wildman–Crippen MR) is 52.8 cm³/mol. The van der Waals surface area contributed by atoms with Crippen LogP contribution in [0.15, 0.2) is 18.2 Å². The van der Waals surface area contributed by atoms with Crippen LogP contribution in [0.4, 0.5) is 11.4 Å². The van der Waals surface area contributed by atoms with Gasteiger partial charge < -0.3 is 10.5 Å². The molecule has 0 aromatic heterocycles. The number of benzene rings is 1. The van der Waals surface area contributed by atoms with Crippen molar-refractivity contribution >= 4 is 11.4 Å². The summed E-state index contributed by atoms with van der Waals surface area (Å²) in [7, 11) is 0. The maximum Gasteiger partial charge on any atom is 0.292 e. The first-order valence-electron chi connectivity index (χ1n) is 4.25. The summed E-state index contributed by atoms with van der Waals surface area (Å²) >= 11 is 0. The van der Waals surface area contributed by atoms with Gasteiger partial charge in [0.25, 0.3) is 5.69 Å². The summed E-state index contributed by atoms with van der Waals surface area (Å²) in [6.45, 7) is 2.92. The first kappa shape index (κ1) is 10.5. The first-order valence-corrected chi connectivity index (χ1v) is 4.25. The largest absolute Gasteiger partial charge is 0.393 e. The van der Waals surface area contributed by atoms with Gasteiger partial charge in [-0.3, -0.25) is 10.1 Å². The van der Waals surface area contributed by atoms with Gasteiger partial charge in [0.1, 0.15) is 5.69 Å². The Morgan fingerprint density at radius 2 is 2.29 bits per heavy atom. The third kappa shape index (κ3) is 2.43. The quantitative estimate of drug-likeness (QED) is 0.451. The minimum atomic E-state index is -0.500. The fourth-order valence-electron chi connectivity index (χ4n) is 1.08. The third-order valence-corrected chi connectivity index (χ3v) is 1.76. The lowest BCUT2D eigenvalue weighted by atomic mass is 10.2. The van der Waals surface area contributed by atoms with E-state index in [1.807, 2.05) is 6.92 Å². The predicted octanol–water partition coefficient (Wildman–Crippen LogP) is 1.71. The van der Waals surface area contributed by atoms with Gasteiger partial charge in [0.2, 0.25) is 0 Å². The van der Waals surface area contributed by atoms with Crippen LogP contribution in [0.1, 0.15) is 12.5 Å². The second-order valence-electron chi connectivity index (χ2n) is 2.79. The van der Waals surface area contributed by atoms with Gasteiger partial charge in [0, 0.05) is 12.7 Å². The molecule has 5 nitrogen and oxygen atoms in total. The number of nitro benzene ring substituents is 1. The molecule has 0 saturated heterocycles. The molecule has 0 bridgehead atoms. The third-order valence-electron chi connectivity index (χ3n) is 1.76. The molecule has 0 aliphatic rings. The molecule has 0 heterocycles. The molecular formula is C9H12N2O3. The van der Waals surface area contributed by atoms with E-state index in [9.17, 15) is 10.1 Å². The van der Waals surface area contributed by atoms with E-state index in [2.05, 4.69) is 0 Å². The Balaban J connectivity index is 2.83. The highest BCUT2D eigenvalue weighted by Crippen LogP contribution is 2.22. The molecule has 5 heteroatoms. The van der Waals surface area contributed by atoms with Crippen LogP contribution in [0.2, 0.25) is 0 Å². The van der Waals surface area contributed by atoms with E-state index in [0.29, 0.717) is 13.2 Å². The van der Waals surface area contributed by atoms with Crippen LogP contribution in [-0.4, -0.2) is 11.5 Å². The second-order valence-corrected chi connectivity index (χ2v) is 2.79. The van der Waals surface area contributed by atoms with Crippen molar-refractivity contribution in [1.82, 2.24) is 0 Å². The Kier molecular flexibility index (Phi) is 3.41. The molecule has 0 radical (unpaired) electrons. The van der Waals surface area contributed by atoms with E-state index in [1.165, 1.54) is 6.07 Å². The van der Waals surface area contributed by atoms with Gasteiger partial charge in [-0.05, 0) is 24.6 Å². The minimum absolute atomic E-state index is 0.0646. The van der Waals surface area contributed by atoms with Gasteiger partial charge in [0.05, 0.1) is 11.5 Å². The van der Waals surface area contributed by atoms with Crippen LogP contribution < -0.4 is 5.73 Å². The zero-order valence-electron chi connectivity index (χ0n) is 7.90. The molecule has 0 atom stereocenters. The van der Waals surface area contributed by atoms with Crippen molar-refractivity contribution in [2.45, 2.75) is 13.5 Å². The molecule has 76 valence electrons. The maximum absolute atomic E-state index is 10.4. The highest BCUT2D eigenvalue weighted by molar-refractivity contribution is 5.59. The number of rotatable bonds is 4. The maximum atomic E-state index is 10.4. The fraction of sp³-hybridized carbons (Fsp3) is 0.333. The van der Waals surface area contributed by atoms with E-state index in [-0.39, 0.29) is 11.4 Å². The molecule has 0 unspecified atom stereocenters. The number of nitro groups is 1. The lowest BCUT2D eigenvalue weighted by Gasteiger charge is -2.02. The van der Waals surface area contributed by atoms with Gasteiger partial charge >= 0.3 is 0 Å². The summed E-state index contributed by atoms with van der Waals surface area (Å²) in [5.74, 6) is 0. The molecule has 1 aromatic carbocycles. The van der Waals surface area contributed by atoms with E-state index < -0.39 is 4.92 Å². The van der Waals surface area contributed by atoms with Gasteiger partial charge in [-0.1, -0.05) is 0 Å². The van der Waals surface area contributed by atoms with Crippen molar-refractivity contribution in [3.63, 3.8) is 0 Å². The average molecular weight is 196 g/mol. The molecule has 2 N–H and O–H groups in total. The van der Waals surface area contributed by atoms with Crippen molar-refractivity contribution in [3.05, 3.63) is 33.9 Å². The number of ether oxygens (including phenoxy) is 1.